The molecule has 6 heteroatoms. The fraction of sp³-hybridized carbons (Fsp3) is 0.300. The van der Waals surface area contributed by atoms with Gasteiger partial charge in [-0.3, -0.25) is 0 Å². The summed E-state index contributed by atoms with van der Waals surface area (Å²) < 4.78 is 8.60. The van der Waals surface area contributed by atoms with Gasteiger partial charge in [-0.15, -0.1) is 0 Å². The molecule has 2 rings (SSSR count). The van der Waals surface area contributed by atoms with E-state index in [0.29, 0.717) is 16.9 Å². The van der Waals surface area contributed by atoms with E-state index < -0.39 is 6.10 Å². The zero-order chi connectivity index (χ0) is 11.7. The first-order chi connectivity index (χ1) is 7.58. The summed E-state index contributed by atoms with van der Waals surface area (Å²) in [5.41, 5.74) is 0. The van der Waals surface area contributed by atoms with Gasteiger partial charge in [-0.05, 0) is 37.9 Å². The number of rotatable bonds is 3. The highest BCUT2D eigenvalue weighted by atomic mass is 79.9. The quantitative estimate of drug-likeness (QED) is 0.926. The Bertz CT molecular complexity index is 473. The minimum absolute atomic E-state index is 0.426. The molecule has 0 aliphatic carbocycles. The summed E-state index contributed by atoms with van der Waals surface area (Å²) in [5.74, 6) is 1.33. The molecule has 0 aromatic carbocycles. The maximum absolute atomic E-state index is 9.97. The molecule has 4 nitrogen and oxygen atoms in total. The van der Waals surface area contributed by atoms with E-state index in [9.17, 15) is 5.11 Å². The molecule has 0 spiro atoms. The standard InChI is InChI=1S/C10H10Br2N2O2/c1-14-3-2-13-9(14)5-7(15)8-4-6(11)10(12)16-8/h2-4,7,15H,5H2,1H3. The number of aliphatic hydroxyl groups is 1. The first-order valence-corrected chi connectivity index (χ1v) is 6.25. The van der Waals surface area contributed by atoms with Gasteiger partial charge in [0.1, 0.15) is 17.7 Å². The first-order valence-electron chi connectivity index (χ1n) is 4.67. The van der Waals surface area contributed by atoms with Crippen LogP contribution in [0.3, 0.4) is 0 Å². The SMILES string of the molecule is Cn1ccnc1CC(O)c1cc(Br)c(Br)o1. The Labute approximate surface area is 110 Å². The topological polar surface area (TPSA) is 51.2 Å². The van der Waals surface area contributed by atoms with Crippen LogP contribution in [0.1, 0.15) is 17.7 Å². The lowest BCUT2D eigenvalue weighted by Gasteiger charge is -2.07. The van der Waals surface area contributed by atoms with E-state index >= 15 is 0 Å². The Morgan fingerprint density at radius 3 is 2.81 bits per heavy atom. The lowest BCUT2D eigenvalue weighted by molar-refractivity contribution is 0.145. The van der Waals surface area contributed by atoms with Crippen molar-refractivity contribution < 1.29 is 9.52 Å². The van der Waals surface area contributed by atoms with Crippen molar-refractivity contribution in [3.8, 4) is 0 Å². The predicted octanol–water partition coefficient (Wildman–Crippen LogP) is 2.81. The maximum Gasteiger partial charge on any atom is 0.183 e. The van der Waals surface area contributed by atoms with Gasteiger partial charge in [-0.2, -0.15) is 0 Å². The van der Waals surface area contributed by atoms with E-state index in [1.165, 1.54) is 0 Å². The summed E-state index contributed by atoms with van der Waals surface area (Å²) in [7, 11) is 1.89. The van der Waals surface area contributed by atoms with Gasteiger partial charge in [0.25, 0.3) is 0 Å². The largest absolute Gasteiger partial charge is 0.450 e. The molecule has 0 aliphatic rings. The van der Waals surface area contributed by atoms with Crippen molar-refractivity contribution >= 4 is 31.9 Å². The molecular formula is C10H10Br2N2O2. The van der Waals surface area contributed by atoms with E-state index in [4.69, 9.17) is 4.42 Å². The molecule has 0 fully saturated rings. The van der Waals surface area contributed by atoms with Crippen LogP contribution in [0.4, 0.5) is 0 Å². The van der Waals surface area contributed by atoms with E-state index in [0.717, 1.165) is 10.3 Å². The second-order valence-corrected chi connectivity index (χ2v) is 5.02. The predicted molar refractivity (Wildman–Crippen MR) is 66.0 cm³/mol. The summed E-state index contributed by atoms with van der Waals surface area (Å²) in [6.45, 7) is 0. The smallest absolute Gasteiger partial charge is 0.183 e. The Morgan fingerprint density at radius 1 is 1.56 bits per heavy atom. The summed E-state index contributed by atoms with van der Waals surface area (Å²) in [4.78, 5) is 4.15. The maximum atomic E-state index is 9.97. The molecule has 0 aliphatic heterocycles. The lowest BCUT2D eigenvalue weighted by atomic mass is 10.2. The molecule has 16 heavy (non-hydrogen) atoms. The summed E-state index contributed by atoms with van der Waals surface area (Å²) in [6.07, 6.45) is 3.28. The van der Waals surface area contributed by atoms with Crippen LogP contribution in [-0.4, -0.2) is 14.7 Å². The van der Waals surface area contributed by atoms with Crippen molar-refractivity contribution in [3.63, 3.8) is 0 Å². The molecule has 0 saturated heterocycles. The van der Waals surface area contributed by atoms with Crippen molar-refractivity contribution in [2.24, 2.45) is 7.05 Å². The Hall–Kier alpha value is -0.590. The van der Waals surface area contributed by atoms with E-state index in [-0.39, 0.29) is 0 Å². The number of furan rings is 1. The third kappa shape index (κ3) is 2.39. The van der Waals surface area contributed by atoms with Crippen LogP contribution in [0.15, 0.2) is 32.0 Å². The fourth-order valence-electron chi connectivity index (χ4n) is 1.39. The monoisotopic (exact) mass is 348 g/mol. The number of nitrogens with zero attached hydrogens (tertiary/aromatic N) is 2. The highest BCUT2D eigenvalue weighted by Gasteiger charge is 2.17. The Morgan fingerprint density at radius 2 is 2.31 bits per heavy atom. The number of imidazole rings is 1. The molecule has 1 unspecified atom stereocenters. The number of aliphatic hydroxyl groups excluding tert-OH is 1. The molecule has 2 aromatic heterocycles. The summed E-state index contributed by atoms with van der Waals surface area (Å²) >= 11 is 6.54. The Kier molecular flexibility index (Phi) is 3.51. The molecule has 0 saturated carbocycles. The van der Waals surface area contributed by atoms with Crippen LogP contribution in [0.5, 0.6) is 0 Å². The molecule has 0 amide bonds. The van der Waals surface area contributed by atoms with Gasteiger partial charge >= 0.3 is 0 Å². The molecule has 0 bridgehead atoms. The number of hydrogen-bond acceptors (Lipinski definition) is 3. The summed E-state index contributed by atoms with van der Waals surface area (Å²) in [6, 6.07) is 1.75. The number of halogens is 2. The third-order valence-electron chi connectivity index (χ3n) is 2.29. The van der Waals surface area contributed by atoms with Crippen molar-refractivity contribution in [2.45, 2.75) is 12.5 Å². The van der Waals surface area contributed by atoms with E-state index in [1.807, 2.05) is 17.8 Å². The van der Waals surface area contributed by atoms with Crippen LogP contribution in [-0.2, 0) is 13.5 Å². The van der Waals surface area contributed by atoms with Gasteiger partial charge in [0.15, 0.2) is 4.67 Å². The number of aromatic nitrogens is 2. The highest BCUT2D eigenvalue weighted by Crippen LogP contribution is 2.30. The minimum Gasteiger partial charge on any atom is -0.450 e. The average molecular weight is 350 g/mol. The zero-order valence-corrected chi connectivity index (χ0v) is 11.7. The molecule has 86 valence electrons. The fourth-order valence-corrected chi connectivity index (χ4v) is 2.00. The van der Waals surface area contributed by atoms with Gasteiger partial charge in [0.2, 0.25) is 0 Å². The first kappa shape index (κ1) is 11.9. The van der Waals surface area contributed by atoms with Crippen LogP contribution >= 0.6 is 31.9 Å². The third-order valence-corrected chi connectivity index (χ3v) is 4.00. The normalized spacial score (nSPS) is 13.0. The molecule has 2 heterocycles. The molecule has 0 radical (unpaired) electrons. The average Bonchev–Trinajstić information content (AvgIpc) is 2.76. The van der Waals surface area contributed by atoms with Crippen molar-refractivity contribution in [2.75, 3.05) is 0 Å². The Balaban J connectivity index is 2.14. The van der Waals surface area contributed by atoms with E-state index in [2.05, 4.69) is 36.8 Å². The lowest BCUT2D eigenvalue weighted by Crippen LogP contribution is -2.05. The highest BCUT2D eigenvalue weighted by molar-refractivity contribution is 9.13. The van der Waals surface area contributed by atoms with Gasteiger partial charge in [-0.1, -0.05) is 0 Å². The molecule has 2 aromatic rings. The molecule has 1 atom stereocenters. The van der Waals surface area contributed by atoms with Crippen LogP contribution in [0.25, 0.3) is 0 Å². The van der Waals surface area contributed by atoms with Crippen molar-refractivity contribution in [3.05, 3.63) is 39.2 Å². The second-order valence-electron chi connectivity index (χ2n) is 3.44. The number of hydrogen-bond donors (Lipinski definition) is 1. The van der Waals surface area contributed by atoms with Crippen LogP contribution < -0.4 is 0 Å². The second kappa shape index (κ2) is 4.73. The van der Waals surface area contributed by atoms with Crippen LogP contribution in [0, 0.1) is 0 Å². The van der Waals surface area contributed by atoms with Crippen molar-refractivity contribution in [1.82, 2.24) is 9.55 Å². The van der Waals surface area contributed by atoms with E-state index in [1.54, 1.807) is 12.3 Å². The van der Waals surface area contributed by atoms with Crippen molar-refractivity contribution in [1.29, 1.82) is 0 Å². The zero-order valence-electron chi connectivity index (χ0n) is 8.52. The summed E-state index contributed by atoms with van der Waals surface area (Å²) in [5, 5.41) is 9.97. The van der Waals surface area contributed by atoms with Gasteiger partial charge in [0.05, 0.1) is 4.47 Å². The molecule has 1 N–H and O–H groups in total. The molecular weight excluding hydrogens is 340 g/mol. The van der Waals surface area contributed by atoms with Gasteiger partial charge < -0.3 is 14.1 Å². The van der Waals surface area contributed by atoms with Gasteiger partial charge in [0, 0.05) is 25.9 Å². The number of aryl methyl sites for hydroxylation is 1. The van der Waals surface area contributed by atoms with Gasteiger partial charge in [-0.25, -0.2) is 4.98 Å². The van der Waals surface area contributed by atoms with Crippen LogP contribution in [0.2, 0.25) is 0 Å². The minimum atomic E-state index is -0.691.